The molecule has 0 spiro atoms. The third-order valence-corrected chi connectivity index (χ3v) is 5.74. The van der Waals surface area contributed by atoms with Crippen molar-refractivity contribution in [2.75, 3.05) is 34.5 Å². The van der Waals surface area contributed by atoms with Crippen LogP contribution in [-0.4, -0.2) is 51.4 Å². The molecule has 2 aromatic carbocycles. The van der Waals surface area contributed by atoms with E-state index >= 15 is 0 Å². The molecule has 176 valence electrons. The van der Waals surface area contributed by atoms with Gasteiger partial charge in [0.05, 0.1) is 38.1 Å². The second-order valence-electron chi connectivity index (χ2n) is 7.59. The summed E-state index contributed by atoms with van der Waals surface area (Å²) in [7, 11) is 4.63. The van der Waals surface area contributed by atoms with Crippen LogP contribution in [0.3, 0.4) is 0 Å². The van der Waals surface area contributed by atoms with Gasteiger partial charge in [-0.3, -0.25) is 4.90 Å². The molecule has 1 N–H and O–H groups in total. The fourth-order valence-electron chi connectivity index (χ4n) is 3.78. The maximum atomic E-state index is 13.1. The van der Waals surface area contributed by atoms with Crippen molar-refractivity contribution in [2.24, 2.45) is 0 Å². The molecular formula is C25H30N2O6. The zero-order valence-electron chi connectivity index (χ0n) is 19.9. The van der Waals surface area contributed by atoms with Crippen LogP contribution in [0.2, 0.25) is 0 Å². The van der Waals surface area contributed by atoms with E-state index in [1.165, 1.54) is 19.1 Å². The van der Waals surface area contributed by atoms with Crippen LogP contribution in [0.15, 0.2) is 47.7 Å². The minimum absolute atomic E-state index is 0.00510. The minimum atomic E-state index is -0.810. The normalized spacial score (nSPS) is 15.8. The molecule has 33 heavy (non-hydrogen) atoms. The number of carbonyl (C=O) groups excluding carboxylic acids is 2. The van der Waals surface area contributed by atoms with Gasteiger partial charge >= 0.3 is 12.0 Å². The largest absolute Gasteiger partial charge is 0.493 e. The number of amides is 2. The Morgan fingerprint density at radius 2 is 1.76 bits per heavy atom. The molecule has 0 saturated heterocycles. The van der Waals surface area contributed by atoms with E-state index in [1.54, 1.807) is 32.2 Å². The first-order chi connectivity index (χ1) is 15.8. The molecule has 0 radical (unpaired) electrons. The molecule has 1 atom stereocenters. The maximum Gasteiger partial charge on any atom is 0.338 e. The summed E-state index contributed by atoms with van der Waals surface area (Å²) in [6.45, 7) is 5.89. The lowest BCUT2D eigenvalue weighted by Crippen LogP contribution is -2.48. The van der Waals surface area contributed by atoms with Gasteiger partial charge in [-0.25, -0.2) is 9.59 Å². The van der Waals surface area contributed by atoms with E-state index in [0.29, 0.717) is 28.5 Å². The number of urea groups is 1. The van der Waals surface area contributed by atoms with Crippen LogP contribution in [-0.2, 0) is 9.53 Å². The number of carbonyl (C=O) groups is 2. The van der Waals surface area contributed by atoms with Crippen LogP contribution in [0.4, 0.5) is 4.79 Å². The van der Waals surface area contributed by atoms with E-state index in [2.05, 4.69) is 5.32 Å². The number of hydrogen-bond acceptors (Lipinski definition) is 6. The predicted molar refractivity (Wildman–Crippen MR) is 124 cm³/mol. The highest BCUT2D eigenvalue weighted by atomic mass is 16.5. The third-order valence-electron chi connectivity index (χ3n) is 5.74. The van der Waals surface area contributed by atoms with E-state index in [1.807, 2.05) is 32.0 Å². The van der Waals surface area contributed by atoms with Gasteiger partial charge in [-0.1, -0.05) is 24.3 Å². The number of nitrogens with zero attached hydrogens (tertiary/aromatic N) is 1. The highest BCUT2D eigenvalue weighted by molar-refractivity contribution is 5.95. The van der Waals surface area contributed by atoms with Gasteiger partial charge < -0.3 is 24.3 Å². The molecule has 0 bridgehead atoms. The molecule has 1 heterocycles. The Morgan fingerprint density at radius 3 is 2.42 bits per heavy atom. The fourth-order valence-corrected chi connectivity index (χ4v) is 3.78. The van der Waals surface area contributed by atoms with E-state index in [-0.39, 0.29) is 24.8 Å². The van der Waals surface area contributed by atoms with E-state index in [4.69, 9.17) is 18.9 Å². The lowest BCUT2D eigenvalue weighted by molar-refractivity contribution is -0.139. The SMILES string of the molecule is CCOC(=O)C1=C(COc2cccc(C)c2C)N(C)C(=O)N[C@@H]1c1cccc(OC)c1OC. The van der Waals surface area contributed by atoms with E-state index < -0.39 is 12.0 Å². The summed E-state index contributed by atoms with van der Waals surface area (Å²) in [4.78, 5) is 27.4. The Labute approximate surface area is 194 Å². The topological polar surface area (TPSA) is 86.3 Å². The quantitative estimate of drug-likeness (QED) is 0.609. The van der Waals surface area contributed by atoms with Gasteiger partial charge in [0.1, 0.15) is 12.4 Å². The number of esters is 1. The number of benzene rings is 2. The Kier molecular flexibility index (Phi) is 7.48. The van der Waals surface area contributed by atoms with Crippen molar-refractivity contribution in [3.05, 3.63) is 64.4 Å². The summed E-state index contributed by atoms with van der Waals surface area (Å²) in [6, 6.07) is 9.87. The fraction of sp³-hybridized carbons (Fsp3) is 0.360. The molecular weight excluding hydrogens is 424 g/mol. The molecule has 3 rings (SSSR count). The summed E-state index contributed by atoms with van der Waals surface area (Å²) in [5, 5.41) is 2.88. The summed E-state index contributed by atoms with van der Waals surface area (Å²) >= 11 is 0. The van der Waals surface area contributed by atoms with Crippen molar-refractivity contribution < 1.29 is 28.5 Å². The Morgan fingerprint density at radius 1 is 1.06 bits per heavy atom. The van der Waals surface area contributed by atoms with Gasteiger partial charge in [0.2, 0.25) is 0 Å². The third kappa shape index (κ3) is 4.74. The molecule has 1 aliphatic rings. The summed E-state index contributed by atoms with van der Waals surface area (Å²) in [5.41, 5.74) is 3.33. The van der Waals surface area contributed by atoms with Crippen molar-refractivity contribution in [1.82, 2.24) is 10.2 Å². The van der Waals surface area contributed by atoms with Crippen LogP contribution in [0.25, 0.3) is 0 Å². The molecule has 2 aromatic rings. The Bertz CT molecular complexity index is 1080. The number of aryl methyl sites for hydroxylation is 1. The molecule has 0 fully saturated rings. The molecule has 0 aliphatic carbocycles. The summed E-state index contributed by atoms with van der Waals surface area (Å²) in [6.07, 6.45) is 0. The second-order valence-corrected chi connectivity index (χ2v) is 7.59. The van der Waals surface area contributed by atoms with Crippen LogP contribution in [0.5, 0.6) is 17.2 Å². The van der Waals surface area contributed by atoms with E-state index in [0.717, 1.165) is 11.1 Å². The number of likely N-dealkylation sites (N-methyl/N-ethyl adjacent to an activating group) is 1. The highest BCUT2D eigenvalue weighted by Gasteiger charge is 2.38. The van der Waals surface area contributed by atoms with Crippen molar-refractivity contribution in [2.45, 2.75) is 26.8 Å². The molecule has 0 unspecified atom stereocenters. The molecule has 8 nitrogen and oxygen atoms in total. The van der Waals surface area contributed by atoms with Crippen LogP contribution >= 0.6 is 0 Å². The Hall–Kier alpha value is -3.68. The number of hydrogen-bond donors (Lipinski definition) is 1. The molecule has 2 amide bonds. The number of methoxy groups -OCH3 is 2. The molecule has 1 aliphatic heterocycles. The zero-order chi connectivity index (χ0) is 24.1. The first-order valence-electron chi connectivity index (χ1n) is 10.7. The lowest BCUT2D eigenvalue weighted by atomic mass is 9.93. The van der Waals surface area contributed by atoms with Crippen molar-refractivity contribution in [3.8, 4) is 17.2 Å². The predicted octanol–water partition coefficient (Wildman–Crippen LogP) is 3.91. The Balaban J connectivity index is 2.13. The lowest BCUT2D eigenvalue weighted by Gasteiger charge is -2.35. The van der Waals surface area contributed by atoms with Crippen LogP contribution in [0.1, 0.15) is 29.7 Å². The molecule has 0 saturated carbocycles. The van der Waals surface area contributed by atoms with E-state index in [9.17, 15) is 9.59 Å². The van der Waals surface area contributed by atoms with Gasteiger partial charge in [-0.2, -0.15) is 0 Å². The minimum Gasteiger partial charge on any atom is -0.493 e. The first-order valence-corrected chi connectivity index (χ1v) is 10.7. The first kappa shape index (κ1) is 24.0. The molecule has 8 heteroatoms. The number of para-hydroxylation sites is 1. The van der Waals surface area contributed by atoms with Gasteiger partial charge in [0.15, 0.2) is 11.5 Å². The van der Waals surface area contributed by atoms with Crippen LogP contribution in [0, 0.1) is 13.8 Å². The van der Waals surface area contributed by atoms with Crippen LogP contribution < -0.4 is 19.5 Å². The van der Waals surface area contributed by atoms with Gasteiger partial charge in [-0.15, -0.1) is 0 Å². The van der Waals surface area contributed by atoms with Crippen molar-refractivity contribution in [1.29, 1.82) is 0 Å². The average molecular weight is 455 g/mol. The van der Waals surface area contributed by atoms with Gasteiger partial charge in [0, 0.05) is 12.6 Å². The monoisotopic (exact) mass is 454 g/mol. The summed E-state index contributed by atoms with van der Waals surface area (Å²) in [5.74, 6) is 1.05. The zero-order valence-corrected chi connectivity index (χ0v) is 19.9. The van der Waals surface area contributed by atoms with Crippen molar-refractivity contribution in [3.63, 3.8) is 0 Å². The maximum absolute atomic E-state index is 13.1. The van der Waals surface area contributed by atoms with Gasteiger partial charge in [0.25, 0.3) is 0 Å². The standard InChI is InChI=1S/C25H30N2O6/c1-7-32-24(28)21-18(14-33-19-12-8-10-15(2)16(19)3)27(4)25(29)26-22(21)17-11-9-13-20(30-5)23(17)31-6/h8-13,22H,7,14H2,1-6H3,(H,26,29)/t22-/m1/s1. The smallest absolute Gasteiger partial charge is 0.338 e. The second kappa shape index (κ2) is 10.3. The molecule has 0 aromatic heterocycles. The number of ether oxygens (including phenoxy) is 4. The summed E-state index contributed by atoms with van der Waals surface area (Å²) < 4.78 is 22.4. The van der Waals surface area contributed by atoms with Crippen molar-refractivity contribution >= 4 is 12.0 Å². The van der Waals surface area contributed by atoms with Gasteiger partial charge in [-0.05, 0) is 44.0 Å². The highest BCUT2D eigenvalue weighted by Crippen LogP contribution is 2.40. The number of rotatable bonds is 8. The average Bonchev–Trinajstić information content (AvgIpc) is 2.81. The number of nitrogens with one attached hydrogen (secondary N) is 1.